The molecular weight excluding hydrogens is 402 g/mol. The molecule has 30 heavy (non-hydrogen) atoms. The molecule has 0 fully saturated rings. The van der Waals surface area contributed by atoms with Crippen molar-refractivity contribution in [3.05, 3.63) is 82.9 Å². The summed E-state index contributed by atoms with van der Waals surface area (Å²) < 4.78 is 5.13. The number of imidazole rings is 1. The van der Waals surface area contributed by atoms with Crippen LogP contribution in [0.5, 0.6) is 0 Å². The third-order valence-corrected chi connectivity index (χ3v) is 4.72. The molecule has 3 aromatic carbocycles. The molecule has 150 valence electrons. The molecule has 7 heteroatoms. The van der Waals surface area contributed by atoms with Gasteiger partial charge >= 0.3 is 5.97 Å². The van der Waals surface area contributed by atoms with Crippen LogP contribution in [0.1, 0.15) is 15.9 Å². The minimum absolute atomic E-state index is 0.331. The number of nitrogens with zero attached hydrogens (tertiary/aromatic N) is 1. The van der Waals surface area contributed by atoms with Crippen LogP contribution >= 0.6 is 11.6 Å². The van der Waals surface area contributed by atoms with Crippen LogP contribution in [0.4, 0.5) is 5.69 Å². The highest BCUT2D eigenvalue weighted by atomic mass is 35.5. The molecule has 0 aliphatic rings. The summed E-state index contributed by atoms with van der Waals surface area (Å²) in [7, 11) is 0. The first-order valence-electron chi connectivity index (χ1n) is 9.27. The van der Waals surface area contributed by atoms with E-state index in [2.05, 4.69) is 15.3 Å². The van der Waals surface area contributed by atoms with Crippen LogP contribution in [0.3, 0.4) is 0 Å². The number of H-pyrrole nitrogens is 1. The van der Waals surface area contributed by atoms with Crippen molar-refractivity contribution in [2.45, 2.75) is 6.92 Å². The Hall–Kier alpha value is -3.64. The zero-order valence-electron chi connectivity index (χ0n) is 16.1. The van der Waals surface area contributed by atoms with Crippen LogP contribution in [-0.2, 0) is 9.53 Å². The second-order valence-corrected chi connectivity index (χ2v) is 7.25. The highest BCUT2D eigenvalue weighted by molar-refractivity contribution is 6.30. The Morgan fingerprint density at radius 1 is 1.07 bits per heavy atom. The van der Waals surface area contributed by atoms with Crippen LogP contribution in [0, 0.1) is 6.92 Å². The first-order chi connectivity index (χ1) is 14.5. The largest absolute Gasteiger partial charge is 0.452 e. The Morgan fingerprint density at radius 3 is 2.63 bits per heavy atom. The van der Waals surface area contributed by atoms with E-state index < -0.39 is 18.5 Å². The number of aromatic amines is 1. The van der Waals surface area contributed by atoms with Gasteiger partial charge in [-0.25, -0.2) is 9.78 Å². The van der Waals surface area contributed by atoms with E-state index in [9.17, 15) is 9.59 Å². The molecule has 0 saturated heterocycles. The van der Waals surface area contributed by atoms with E-state index in [4.69, 9.17) is 16.3 Å². The van der Waals surface area contributed by atoms with Crippen molar-refractivity contribution >= 4 is 40.2 Å². The third kappa shape index (κ3) is 4.50. The fraction of sp³-hybridized carbons (Fsp3) is 0.0870. The number of nitrogens with one attached hydrogen (secondary N) is 2. The number of amides is 1. The SMILES string of the molecule is Cc1ccc(-c2nc3ccc(C(=O)OCC(=O)Nc4cccc(Cl)c4)cc3[nH]2)cc1. The molecule has 0 aliphatic heterocycles. The van der Waals surface area contributed by atoms with Crippen LogP contribution in [-0.4, -0.2) is 28.5 Å². The van der Waals surface area contributed by atoms with Crippen molar-refractivity contribution in [3.63, 3.8) is 0 Å². The number of fused-ring (bicyclic) bond motifs is 1. The maximum Gasteiger partial charge on any atom is 0.338 e. The lowest BCUT2D eigenvalue weighted by molar-refractivity contribution is -0.119. The summed E-state index contributed by atoms with van der Waals surface area (Å²) in [5, 5.41) is 3.13. The fourth-order valence-corrected chi connectivity index (χ4v) is 3.15. The minimum atomic E-state index is -0.593. The van der Waals surface area contributed by atoms with Gasteiger partial charge in [0.05, 0.1) is 16.6 Å². The number of hydrogen-bond donors (Lipinski definition) is 2. The quantitative estimate of drug-likeness (QED) is 0.446. The van der Waals surface area contributed by atoms with Crippen molar-refractivity contribution in [1.29, 1.82) is 0 Å². The Balaban J connectivity index is 1.43. The van der Waals surface area contributed by atoms with E-state index in [1.807, 2.05) is 31.2 Å². The number of halogens is 1. The summed E-state index contributed by atoms with van der Waals surface area (Å²) in [5.74, 6) is -0.323. The average molecular weight is 420 g/mol. The van der Waals surface area contributed by atoms with Gasteiger partial charge in [-0.05, 0) is 43.3 Å². The monoisotopic (exact) mass is 419 g/mol. The van der Waals surface area contributed by atoms with Crippen LogP contribution in [0.2, 0.25) is 5.02 Å². The van der Waals surface area contributed by atoms with Crippen molar-refractivity contribution < 1.29 is 14.3 Å². The number of esters is 1. The molecule has 1 aromatic heterocycles. The standard InChI is InChI=1S/C23H18ClN3O3/c1-14-5-7-15(8-6-14)22-26-19-10-9-16(11-20(19)27-22)23(29)30-13-21(28)25-18-4-2-3-17(24)12-18/h2-12H,13H2,1H3,(H,25,28)(H,26,27). The number of rotatable bonds is 5. The summed E-state index contributed by atoms with van der Waals surface area (Å²) >= 11 is 5.89. The predicted octanol–water partition coefficient (Wildman–Crippen LogP) is 4.99. The molecule has 0 saturated carbocycles. The average Bonchev–Trinajstić information content (AvgIpc) is 3.16. The van der Waals surface area contributed by atoms with E-state index in [1.54, 1.807) is 42.5 Å². The molecule has 6 nitrogen and oxygen atoms in total. The Bertz CT molecular complexity index is 1230. The van der Waals surface area contributed by atoms with Crippen LogP contribution in [0.15, 0.2) is 66.7 Å². The Labute approximate surface area is 177 Å². The van der Waals surface area contributed by atoms with Gasteiger partial charge in [0.25, 0.3) is 5.91 Å². The van der Waals surface area contributed by atoms with E-state index >= 15 is 0 Å². The minimum Gasteiger partial charge on any atom is -0.452 e. The molecule has 0 unspecified atom stereocenters. The second-order valence-electron chi connectivity index (χ2n) is 6.82. The normalized spacial score (nSPS) is 10.7. The summed E-state index contributed by atoms with van der Waals surface area (Å²) in [6.45, 7) is 1.62. The van der Waals surface area contributed by atoms with Crippen LogP contribution in [0.25, 0.3) is 22.4 Å². The Kier molecular flexibility index (Phi) is 5.50. The second kappa shape index (κ2) is 8.39. The van der Waals surface area contributed by atoms with Gasteiger partial charge in [-0.1, -0.05) is 47.5 Å². The maximum atomic E-state index is 12.4. The smallest absolute Gasteiger partial charge is 0.338 e. The number of anilines is 1. The molecule has 1 amide bonds. The number of hydrogen-bond acceptors (Lipinski definition) is 4. The lowest BCUT2D eigenvalue weighted by atomic mass is 10.1. The Morgan fingerprint density at radius 2 is 1.87 bits per heavy atom. The molecule has 0 bridgehead atoms. The topological polar surface area (TPSA) is 84.1 Å². The number of benzene rings is 3. The highest BCUT2D eigenvalue weighted by Gasteiger charge is 2.13. The predicted molar refractivity (Wildman–Crippen MR) is 117 cm³/mol. The van der Waals surface area contributed by atoms with Gasteiger partial charge in [-0.2, -0.15) is 0 Å². The number of carbonyl (C=O) groups excluding carboxylic acids is 2. The van der Waals surface area contributed by atoms with E-state index in [0.717, 1.165) is 16.9 Å². The zero-order valence-corrected chi connectivity index (χ0v) is 16.9. The number of ether oxygens (including phenoxy) is 1. The third-order valence-electron chi connectivity index (χ3n) is 4.49. The molecule has 1 heterocycles. The van der Waals surface area contributed by atoms with E-state index in [1.165, 1.54) is 5.56 Å². The first kappa shape index (κ1) is 19.7. The van der Waals surface area contributed by atoms with Gasteiger partial charge in [0.1, 0.15) is 5.82 Å². The summed E-state index contributed by atoms with van der Waals surface area (Å²) in [6.07, 6.45) is 0. The highest BCUT2D eigenvalue weighted by Crippen LogP contribution is 2.22. The van der Waals surface area contributed by atoms with Gasteiger partial charge in [0, 0.05) is 16.3 Å². The van der Waals surface area contributed by atoms with Crippen molar-refractivity contribution in [1.82, 2.24) is 9.97 Å². The van der Waals surface area contributed by atoms with Crippen molar-refractivity contribution in [3.8, 4) is 11.4 Å². The number of aryl methyl sites for hydroxylation is 1. The van der Waals surface area contributed by atoms with Crippen molar-refractivity contribution in [2.75, 3.05) is 11.9 Å². The lowest BCUT2D eigenvalue weighted by Gasteiger charge is -2.07. The number of aromatic nitrogens is 2. The van der Waals surface area contributed by atoms with Gasteiger partial charge in [0.15, 0.2) is 6.61 Å². The molecule has 0 spiro atoms. The zero-order chi connectivity index (χ0) is 21.1. The molecular formula is C23H18ClN3O3. The molecule has 0 atom stereocenters. The van der Waals surface area contributed by atoms with Gasteiger partial charge < -0.3 is 15.0 Å². The lowest BCUT2D eigenvalue weighted by Crippen LogP contribution is -2.20. The van der Waals surface area contributed by atoms with E-state index in [0.29, 0.717) is 21.8 Å². The van der Waals surface area contributed by atoms with E-state index in [-0.39, 0.29) is 0 Å². The summed E-state index contributed by atoms with van der Waals surface area (Å²) in [4.78, 5) is 32.1. The summed E-state index contributed by atoms with van der Waals surface area (Å²) in [6, 6.07) is 19.8. The molecule has 0 radical (unpaired) electrons. The molecule has 4 aromatic rings. The summed E-state index contributed by atoms with van der Waals surface area (Å²) in [5.41, 5.74) is 4.44. The molecule has 2 N–H and O–H groups in total. The number of carbonyl (C=O) groups is 2. The van der Waals surface area contributed by atoms with Crippen LogP contribution < -0.4 is 5.32 Å². The maximum absolute atomic E-state index is 12.4. The van der Waals surface area contributed by atoms with Gasteiger partial charge in [0.2, 0.25) is 0 Å². The fourth-order valence-electron chi connectivity index (χ4n) is 2.96. The molecule has 0 aliphatic carbocycles. The van der Waals surface area contributed by atoms with Gasteiger partial charge in [-0.3, -0.25) is 4.79 Å². The first-order valence-corrected chi connectivity index (χ1v) is 9.65. The van der Waals surface area contributed by atoms with Crippen molar-refractivity contribution in [2.24, 2.45) is 0 Å². The van der Waals surface area contributed by atoms with Gasteiger partial charge in [-0.15, -0.1) is 0 Å². The molecule has 4 rings (SSSR count).